The zero-order valence-corrected chi connectivity index (χ0v) is 11.6. The highest BCUT2D eigenvalue weighted by molar-refractivity contribution is 4.90. The second-order valence-electron chi connectivity index (χ2n) is 5.73. The maximum Gasteiger partial charge on any atom is 0.0678 e. The van der Waals surface area contributed by atoms with E-state index in [9.17, 15) is 0 Å². The van der Waals surface area contributed by atoms with Gasteiger partial charge in [0.1, 0.15) is 0 Å². The van der Waals surface area contributed by atoms with Gasteiger partial charge in [-0.3, -0.25) is 4.90 Å². The monoisotopic (exact) mass is 240 g/mol. The van der Waals surface area contributed by atoms with Crippen molar-refractivity contribution < 1.29 is 4.74 Å². The SMILES string of the molecule is CCNC1CCCCC1N1CC(C)OC(C)C1. The summed E-state index contributed by atoms with van der Waals surface area (Å²) in [6.07, 6.45) is 6.28. The van der Waals surface area contributed by atoms with Gasteiger partial charge in [0.05, 0.1) is 12.2 Å². The number of hydrogen-bond acceptors (Lipinski definition) is 3. The molecule has 17 heavy (non-hydrogen) atoms. The Morgan fingerprint density at radius 2 is 1.76 bits per heavy atom. The lowest BCUT2D eigenvalue weighted by Gasteiger charge is -2.45. The van der Waals surface area contributed by atoms with Crippen LogP contribution >= 0.6 is 0 Å². The van der Waals surface area contributed by atoms with Crippen molar-refractivity contribution in [3.8, 4) is 0 Å². The van der Waals surface area contributed by atoms with E-state index in [1.165, 1.54) is 25.7 Å². The number of nitrogens with zero attached hydrogens (tertiary/aromatic N) is 1. The molecule has 3 nitrogen and oxygen atoms in total. The van der Waals surface area contributed by atoms with Crippen molar-refractivity contribution >= 4 is 0 Å². The van der Waals surface area contributed by atoms with E-state index in [2.05, 4.69) is 31.0 Å². The van der Waals surface area contributed by atoms with Gasteiger partial charge in [-0.1, -0.05) is 19.8 Å². The minimum atomic E-state index is 0.392. The predicted octanol–water partition coefficient (Wildman–Crippen LogP) is 2.02. The molecule has 3 heteroatoms. The molecule has 4 atom stereocenters. The van der Waals surface area contributed by atoms with E-state index in [-0.39, 0.29) is 0 Å². The topological polar surface area (TPSA) is 24.5 Å². The smallest absolute Gasteiger partial charge is 0.0678 e. The molecule has 1 heterocycles. The molecule has 2 rings (SSSR count). The molecule has 4 unspecified atom stereocenters. The zero-order chi connectivity index (χ0) is 12.3. The van der Waals surface area contributed by atoms with E-state index in [0.717, 1.165) is 25.7 Å². The normalized spacial score (nSPS) is 40.4. The second-order valence-corrected chi connectivity index (χ2v) is 5.73. The number of hydrogen-bond donors (Lipinski definition) is 1. The summed E-state index contributed by atoms with van der Waals surface area (Å²) < 4.78 is 5.84. The van der Waals surface area contributed by atoms with Crippen LogP contribution in [-0.4, -0.2) is 48.8 Å². The van der Waals surface area contributed by atoms with Gasteiger partial charge in [-0.25, -0.2) is 0 Å². The average molecular weight is 240 g/mol. The Bertz CT molecular complexity index is 222. The van der Waals surface area contributed by atoms with E-state index < -0.39 is 0 Å². The largest absolute Gasteiger partial charge is 0.373 e. The average Bonchev–Trinajstić information content (AvgIpc) is 2.29. The fourth-order valence-electron chi connectivity index (χ4n) is 3.54. The number of ether oxygens (including phenoxy) is 1. The Morgan fingerprint density at radius 3 is 2.41 bits per heavy atom. The molecule has 0 aromatic heterocycles. The Labute approximate surface area is 106 Å². The molecular weight excluding hydrogens is 212 g/mol. The molecule has 0 spiro atoms. The number of nitrogens with one attached hydrogen (secondary N) is 1. The van der Waals surface area contributed by atoms with Crippen LogP contribution in [0.1, 0.15) is 46.5 Å². The van der Waals surface area contributed by atoms with Gasteiger partial charge < -0.3 is 10.1 Å². The van der Waals surface area contributed by atoms with Crippen LogP contribution in [0.25, 0.3) is 0 Å². The molecule has 1 saturated heterocycles. The third kappa shape index (κ3) is 3.43. The molecule has 100 valence electrons. The fraction of sp³-hybridized carbons (Fsp3) is 1.00. The van der Waals surface area contributed by atoms with Crippen molar-refractivity contribution in [3.05, 3.63) is 0 Å². The van der Waals surface area contributed by atoms with Gasteiger partial charge in [0.15, 0.2) is 0 Å². The van der Waals surface area contributed by atoms with Crippen LogP contribution in [0.15, 0.2) is 0 Å². The van der Waals surface area contributed by atoms with Gasteiger partial charge in [0, 0.05) is 25.2 Å². The van der Waals surface area contributed by atoms with Gasteiger partial charge in [-0.05, 0) is 33.2 Å². The highest BCUT2D eigenvalue weighted by Crippen LogP contribution is 2.26. The molecule has 2 fully saturated rings. The highest BCUT2D eigenvalue weighted by Gasteiger charge is 2.33. The van der Waals surface area contributed by atoms with E-state index in [4.69, 9.17) is 4.74 Å². The molecule has 0 aromatic rings. The van der Waals surface area contributed by atoms with Crippen molar-refractivity contribution in [2.45, 2.75) is 70.7 Å². The van der Waals surface area contributed by atoms with Crippen molar-refractivity contribution in [2.75, 3.05) is 19.6 Å². The minimum absolute atomic E-state index is 0.392. The summed E-state index contributed by atoms with van der Waals surface area (Å²) in [7, 11) is 0. The maximum atomic E-state index is 5.84. The van der Waals surface area contributed by atoms with Gasteiger partial charge in [-0.2, -0.15) is 0 Å². The Morgan fingerprint density at radius 1 is 1.12 bits per heavy atom. The molecular formula is C14H28N2O. The quantitative estimate of drug-likeness (QED) is 0.817. The molecule has 1 saturated carbocycles. The lowest BCUT2D eigenvalue weighted by Crippen LogP contribution is -2.57. The summed E-state index contributed by atoms with van der Waals surface area (Å²) in [6, 6.07) is 1.43. The molecule has 0 bridgehead atoms. The number of morpholine rings is 1. The van der Waals surface area contributed by atoms with Crippen LogP contribution in [0.2, 0.25) is 0 Å². The first-order valence-electron chi connectivity index (χ1n) is 7.33. The molecule has 0 aromatic carbocycles. The Kier molecular flexibility index (Phi) is 4.83. The van der Waals surface area contributed by atoms with E-state index in [1.807, 2.05) is 0 Å². The van der Waals surface area contributed by atoms with Crippen LogP contribution < -0.4 is 5.32 Å². The predicted molar refractivity (Wildman–Crippen MR) is 71.3 cm³/mol. The highest BCUT2D eigenvalue weighted by atomic mass is 16.5. The zero-order valence-electron chi connectivity index (χ0n) is 11.6. The van der Waals surface area contributed by atoms with E-state index >= 15 is 0 Å². The Balaban J connectivity index is 1.97. The lowest BCUT2D eigenvalue weighted by atomic mass is 9.88. The maximum absolute atomic E-state index is 5.84. The van der Waals surface area contributed by atoms with Gasteiger partial charge in [0.25, 0.3) is 0 Å². The first-order chi connectivity index (χ1) is 8.20. The first kappa shape index (κ1) is 13.3. The number of rotatable bonds is 3. The second kappa shape index (κ2) is 6.17. The fourth-order valence-corrected chi connectivity index (χ4v) is 3.54. The summed E-state index contributed by atoms with van der Waals surface area (Å²) in [5.74, 6) is 0. The molecule has 2 aliphatic rings. The van der Waals surface area contributed by atoms with Crippen LogP contribution in [-0.2, 0) is 4.74 Å². The third-order valence-electron chi connectivity index (χ3n) is 4.11. The molecule has 0 amide bonds. The molecule has 0 radical (unpaired) electrons. The Hall–Kier alpha value is -0.120. The van der Waals surface area contributed by atoms with Crippen molar-refractivity contribution in [1.82, 2.24) is 10.2 Å². The molecule has 1 N–H and O–H groups in total. The summed E-state index contributed by atoms with van der Waals surface area (Å²) in [5, 5.41) is 3.68. The van der Waals surface area contributed by atoms with Gasteiger partial charge in [-0.15, -0.1) is 0 Å². The van der Waals surface area contributed by atoms with E-state index in [1.54, 1.807) is 0 Å². The summed E-state index contributed by atoms with van der Waals surface area (Å²) in [5.41, 5.74) is 0. The summed E-state index contributed by atoms with van der Waals surface area (Å²) in [6.45, 7) is 9.93. The van der Waals surface area contributed by atoms with Gasteiger partial charge in [0.2, 0.25) is 0 Å². The van der Waals surface area contributed by atoms with Crippen LogP contribution in [0, 0.1) is 0 Å². The third-order valence-corrected chi connectivity index (χ3v) is 4.11. The molecule has 1 aliphatic heterocycles. The first-order valence-corrected chi connectivity index (χ1v) is 7.33. The summed E-state index contributed by atoms with van der Waals surface area (Å²) in [4.78, 5) is 2.67. The van der Waals surface area contributed by atoms with Crippen molar-refractivity contribution in [3.63, 3.8) is 0 Å². The van der Waals surface area contributed by atoms with E-state index in [0.29, 0.717) is 18.2 Å². The molecule has 1 aliphatic carbocycles. The minimum Gasteiger partial charge on any atom is -0.373 e. The standard InChI is InChI=1S/C14H28N2O/c1-4-15-13-7-5-6-8-14(13)16-9-11(2)17-12(3)10-16/h11-15H,4-10H2,1-3H3. The van der Waals surface area contributed by atoms with Crippen molar-refractivity contribution in [1.29, 1.82) is 0 Å². The lowest BCUT2D eigenvalue weighted by molar-refractivity contribution is -0.0877. The van der Waals surface area contributed by atoms with Gasteiger partial charge >= 0.3 is 0 Å². The number of likely N-dealkylation sites (N-methyl/N-ethyl adjacent to an activating group) is 1. The van der Waals surface area contributed by atoms with Crippen LogP contribution in [0.4, 0.5) is 0 Å². The summed E-state index contributed by atoms with van der Waals surface area (Å²) >= 11 is 0. The van der Waals surface area contributed by atoms with Crippen molar-refractivity contribution in [2.24, 2.45) is 0 Å². The van der Waals surface area contributed by atoms with Crippen LogP contribution in [0.3, 0.4) is 0 Å². The van der Waals surface area contributed by atoms with Crippen LogP contribution in [0.5, 0.6) is 0 Å².